The Morgan fingerprint density at radius 1 is 1.09 bits per heavy atom. The maximum atomic E-state index is 12.3. The molecule has 0 aromatic heterocycles. The molecule has 0 saturated carbocycles. The quantitative estimate of drug-likeness (QED) is 0.756. The van der Waals surface area contributed by atoms with Crippen molar-refractivity contribution in [3.05, 3.63) is 71.2 Å². The van der Waals surface area contributed by atoms with Crippen LogP contribution in [0.2, 0.25) is 5.02 Å². The van der Waals surface area contributed by atoms with Crippen molar-refractivity contribution in [3.63, 3.8) is 0 Å². The number of hydrogen-bond acceptors (Lipinski definition) is 2. The number of anilines is 1. The topological polar surface area (TPSA) is 38.3 Å². The number of methoxy groups -OCH3 is 1. The van der Waals surface area contributed by atoms with Gasteiger partial charge in [0.05, 0.1) is 18.6 Å². The minimum Gasteiger partial charge on any atom is -0.495 e. The first-order valence-electron chi connectivity index (χ1n) is 7.27. The molecular weight excluding hydrogens is 310 g/mol. The minimum absolute atomic E-state index is 0.0809. The molecule has 116 valence electrons. The van der Waals surface area contributed by atoms with E-state index in [1.807, 2.05) is 42.5 Å². The van der Waals surface area contributed by atoms with Crippen LogP contribution in [0.15, 0.2) is 60.7 Å². The molecule has 3 nitrogen and oxygen atoms in total. The molecule has 4 heteroatoms. The summed E-state index contributed by atoms with van der Waals surface area (Å²) in [6.07, 6.45) is 0.311. The summed E-state index contributed by atoms with van der Waals surface area (Å²) >= 11 is 6.07. The van der Waals surface area contributed by atoms with E-state index >= 15 is 0 Å². The number of ether oxygens (including phenoxy) is 1. The van der Waals surface area contributed by atoms with Crippen molar-refractivity contribution in [2.45, 2.75) is 6.42 Å². The Labute approximate surface area is 139 Å². The summed E-state index contributed by atoms with van der Waals surface area (Å²) in [7, 11) is 1.56. The van der Waals surface area contributed by atoms with Gasteiger partial charge in [-0.3, -0.25) is 4.79 Å². The molecule has 1 N–H and O–H groups in total. The van der Waals surface area contributed by atoms with Gasteiger partial charge in [0.15, 0.2) is 0 Å². The lowest BCUT2D eigenvalue weighted by Gasteiger charge is -2.09. The second kappa shape index (κ2) is 6.71. The fraction of sp³-hybridized carbons (Fsp3) is 0.105. The van der Waals surface area contributed by atoms with E-state index in [1.54, 1.807) is 25.3 Å². The Bertz CT molecular complexity index is 856. The van der Waals surface area contributed by atoms with Gasteiger partial charge in [0, 0.05) is 5.69 Å². The molecular formula is C19H16ClNO2. The molecule has 3 aromatic rings. The van der Waals surface area contributed by atoms with Crippen molar-refractivity contribution >= 4 is 34.0 Å². The van der Waals surface area contributed by atoms with Gasteiger partial charge in [0.2, 0.25) is 5.91 Å². The molecule has 0 saturated heterocycles. The monoisotopic (exact) mass is 325 g/mol. The molecule has 0 unspecified atom stereocenters. The third kappa shape index (κ3) is 3.46. The maximum Gasteiger partial charge on any atom is 0.228 e. The van der Waals surface area contributed by atoms with Crippen molar-refractivity contribution < 1.29 is 9.53 Å². The van der Waals surface area contributed by atoms with E-state index < -0.39 is 0 Å². The Morgan fingerprint density at radius 2 is 1.87 bits per heavy atom. The van der Waals surface area contributed by atoms with Gasteiger partial charge in [0.25, 0.3) is 0 Å². The molecule has 0 aliphatic carbocycles. The van der Waals surface area contributed by atoms with E-state index in [4.69, 9.17) is 16.3 Å². The molecule has 0 fully saturated rings. The fourth-order valence-electron chi connectivity index (χ4n) is 2.57. The van der Waals surface area contributed by atoms with Crippen LogP contribution in [-0.4, -0.2) is 13.0 Å². The second-order valence-corrected chi connectivity index (χ2v) is 5.62. The standard InChI is InChI=1S/C19H16ClNO2/c1-23-18-10-9-15(12-17(18)20)21-19(22)11-14-7-4-6-13-5-2-3-8-16(13)14/h2-10,12H,11H2,1H3,(H,21,22). The zero-order chi connectivity index (χ0) is 16.2. The van der Waals surface area contributed by atoms with Crippen molar-refractivity contribution in [1.82, 2.24) is 0 Å². The number of benzene rings is 3. The maximum absolute atomic E-state index is 12.3. The van der Waals surface area contributed by atoms with Gasteiger partial charge < -0.3 is 10.1 Å². The predicted octanol–water partition coefficient (Wildman–Crippen LogP) is 4.68. The van der Waals surface area contributed by atoms with Crippen LogP contribution < -0.4 is 10.1 Å². The van der Waals surface area contributed by atoms with E-state index in [-0.39, 0.29) is 5.91 Å². The van der Waals surface area contributed by atoms with E-state index in [0.717, 1.165) is 16.3 Å². The van der Waals surface area contributed by atoms with Gasteiger partial charge in [-0.05, 0) is 34.5 Å². The number of carbonyl (C=O) groups excluding carboxylic acids is 1. The summed E-state index contributed by atoms with van der Waals surface area (Å²) < 4.78 is 5.10. The number of rotatable bonds is 4. The van der Waals surface area contributed by atoms with Crippen LogP contribution in [0.4, 0.5) is 5.69 Å². The predicted molar refractivity (Wildman–Crippen MR) is 94.3 cm³/mol. The van der Waals surface area contributed by atoms with Crippen LogP contribution in [0.1, 0.15) is 5.56 Å². The van der Waals surface area contributed by atoms with Gasteiger partial charge in [-0.15, -0.1) is 0 Å². The average Bonchev–Trinajstić information content (AvgIpc) is 2.55. The zero-order valence-electron chi connectivity index (χ0n) is 12.7. The van der Waals surface area contributed by atoms with Crippen LogP contribution in [0.25, 0.3) is 10.8 Å². The van der Waals surface area contributed by atoms with Crippen molar-refractivity contribution in [3.8, 4) is 5.75 Å². The summed E-state index contributed by atoms with van der Waals surface area (Å²) in [6, 6.07) is 19.2. The largest absolute Gasteiger partial charge is 0.495 e. The molecule has 3 rings (SSSR count). The second-order valence-electron chi connectivity index (χ2n) is 5.21. The molecule has 0 aliphatic rings. The number of halogens is 1. The number of amides is 1. The van der Waals surface area contributed by atoms with Gasteiger partial charge in [-0.1, -0.05) is 54.1 Å². The molecule has 0 spiro atoms. The van der Waals surface area contributed by atoms with Crippen LogP contribution in [0.3, 0.4) is 0 Å². The highest BCUT2D eigenvalue weighted by atomic mass is 35.5. The molecule has 0 atom stereocenters. The van der Waals surface area contributed by atoms with E-state index in [1.165, 1.54) is 0 Å². The van der Waals surface area contributed by atoms with Gasteiger partial charge in [-0.2, -0.15) is 0 Å². The fourth-order valence-corrected chi connectivity index (χ4v) is 2.83. The van der Waals surface area contributed by atoms with Crippen LogP contribution >= 0.6 is 11.6 Å². The van der Waals surface area contributed by atoms with Crippen LogP contribution in [0.5, 0.6) is 5.75 Å². The normalized spacial score (nSPS) is 10.5. The number of carbonyl (C=O) groups is 1. The van der Waals surface area contributed by atoms with E-state index in [2.05, 4.69) is 5.32 Å². The first-order valence-corrected chi connectivity index (χ1v) is 7.65. The van der Waals surface area contributed by atoms with Gasteiger partial charge in [0.1, 0.15) is 5.75 Å². The van der Waals surface area contributed by atoms with Crippen LogP contribution in [0, 0.1) is 0 Å². The van der Waals surface area contributed by atoms with Gasteiger partial charge >= 0.3 is 0 Å². The lowest BCUT2D eigenvalue weighted by Crippen LogP contribution is -2.14. The summed E-state index contributed by atoms with van der Waals surface area (Å²) in [6.45, 7) is 0. The third-order valence-electron chi connectivity index (χ3n) is 3.67. The zero-order valence-corrected chi connectivity index (χ0v) is 13.4. The van der Waals surface area contributed by atoms with Crippen LogP contribution in [-0.2, 0) is 11.2 Å². The molecule has 0 radical (unpaired) electrons. The Kier molecular flexibility index (Phi) is 4.49. The highest BCUT2D eigenvalue weighted by Crippen LogP contribution is 2.27. The van der Waals surface area contributed by atoms with Gasteiger partial charge in [-0.25, -0.2) is 0 Å². The first-order chi connectivity index (χ1) is 11.2. The summed E-state index contributed by atoms with van der Waals surface area (Å²) in [5.74, 6) is 0.501. The highest BCUT2D eigenvalue weighted by Gasteiger charge is 2.09. The summed E-state index contributed by atoms with van der Waals surface area (Å²) in [5, 5.41) is 5.56. The SMILES string of the molecule is COc1ccc(NC(=O)Cc2cccc3ccccc23)cc1Cl. The van der Waals surface area contributed by atoms with Crippen molar-refractivity contribution in [1.29, 1.82) is 0 Å². The average molecular weight is 326 g/mol. The highest BCUT2D eigenvalue weighted by molar-refractivity contribution is 6.32. The Hall–Kier alpha value is -2.52. The number of nitrogens with one attached hydrogen (secondary N) is 1. The smallest absolute Gasteiger partial charge is 0.228 e. The molecule has 0 aliphatic heterocycles. The first kappa shape index (κ1) is 15.4. The molecule has 1 amide bonds. The number of fused-ring (bicyclic) bond motifs is 1. The molecule has 0 heterocycles. The summed E-state index contributed by atoms with van der Waals surface area (Å²) in [4.78, 5) is 12.3. The molecule has 3 aromatic carbocycles. The van der Waals surface area contributed by atoms with Crippen molar-refractivity contribution in [2.24, 2.45) is 0 Å². The van der Waals surface area contributed by atoms with E-state index in [9.17, 15) is 4.79 Å². The number of hydrogen-bond donors (Lipinski definition) is 1. The summed E-state index contributed by atoms with van der Waals surface area (Å²) in [5.41, 5.74) is 1.65. The van der Waals surface area contributed by atoms with E-state index in [0.29, 0.717) is 22.9 Å². The third-order valence-corrected chi connectivity index (χ3v) is 3.96. The lowest BCUT2D eigenvalue weighted by molar-refractivity contribution is -0.115. The molecule has 0 bridgehead atoms. The minimum atomic E-state index is -0.0809. The van der Waals surface area contributed by atoms with Crippen molar-refractivity contribution in [2.75, 3.05) is 12.4 Å². The lowest BCUT2D eigenvalue weighted by atomic mass is 10.0. The Balaban J connectivity index is 1.77. The Morgan fingerprint density at radius 3 is 2.65 bits per heavy atom. The molecule has 23 heavy (non-hydrogen) atoms.